The molecule has 11 heteroatoms. The molecule has 3 aromatic heterocycles. The summed E-state index contributed by atoms with van der Waals surface area (Å²) in [5.41, 5.74) is 0.0808. The normalized spacial score (nSPS) is 12.1. The number of rotatable bonds is 3. The average Bonchev–Trinajstić information content (AvgIpc) is 3.32. The van der Waals surface area contributed by atoms with Crippen molar-refractivity contribution < 1.29 is 13.2 Å². The molecule has 0 fully saturated rings. The van der Waals surface area contributed by atoms with E-state index in [1.54, 1.807) is 24.3 Å². The summed E-state index contributed by atoms with van der Waals surface area (Å²) in [5.74, 6) is 0.154. The van der Waals surface area contributed by atoms with Crippen molar-refractivity contribution in [2.45, 2.75) is 12.7 Å². The van der Waals surface area contributed by atoms with E-state index in [0.29, 0.717) is 10.6 Å². The minimum atomic E-state index is -4.73. The van der Waals surface area contributed by atoms with Crippen molar-refractivity contribution in [2.75, 3.05) is 0 Å². The van der Waals surface area contributed by atoms with Crippen LogP contribution in [0.4, 0.5) is 13.2 Å². The maximum absolute atomic E-state index is 13.8. The van der Waals surface area contributed by atoms with Crippen LogP contribution in [0.25, 0.3) is 28.1 Å². The minimum absolute atomic E-state index is 0.105. The van der Waals surface area contributed by atoms with E-state index in [4.69, 9.17) is 11.6 Å². The summed E-state index contributed by atoms with van der Waals surface area (Å²) in [6.07, 6.45) is -4.73. The molecule has 0 spiro atoms. The molecule has 0 bridgehead atoms. The molecule has 0 atom stereocenters. The van der Waals surface area contributed by atoms with Crippen molar-refractivity contribution in [1.29, 1.82) is 0 Å². The molecule has 0 saturated carbocycles. The van der Waals surface area contributed by atoms with Gasteiger partial charge in [0.15, 0.2) is 11.5 Å². The number of aromatic nitrogens is 7. The fourth-order valence-electron chi connectivity index (χ4n) is 3.20. The lowest BCUT2D eigenvalue weighted by molar-refractivity contribution is -0.140. The molecule has 0 aliphatic rings. The van der Waals surface area contributed by atoms with Gasteiger partial charge in [-0.1, -0.05) is 47.1 Å². The molecule has 0 aliphatic carbocycles. The minimum Gasteiger partial charge on any atom is -0.236 e. The van der Waals surface area contributed by atoms with E-state index < -0.39 is 11.9 Å². The fraction of sp³-hybridized carbons (Fsp3) is 0.105. The van der Waals surface area contributed by atoms with Gasteiger partial charge in [-0.05, 0) is 29.8 Å². The summed E-state index contributed by atoms with van der Waals surface area (Å²) in [7, 11) is 0. The monoisotopic (exact) mass is 429 g/mol. The topological polar surface area (TPSA) is 73.8 Å². The molecule has 2 aromatic carbocycles. The Morgan fingerprint density at radius 3 is 2.33 bits per heavy atom. The third-order valence-corrected chi connectivity index (χ3v) is 4.81. The van der Waals surface area contributed by atoms with Crippen molar-refractivity contribution in [2.24, 2.45) is 0 Å². The lowest BCUT2D eigenvalue weighted by Gasteiger charge is -2.09. The van der Waals surface area contributed by atoms with Crippen LogP contribution in [0.1, 0.15) is 11.3 Å². The van der Waals surface area contributed by atoms with Crippen LogP contribution in [0.15, 0.2) is 54.6 Å². The SMILES string of the molecule is FC(F)(F)c1nn2c(-c3ccc(Cl)cc3)nnc2c2c1nnn2Cc1ccccc1. The summed E-state index contributed by atoms with van der Waals surface area (Å²) < 4.78 is 43.7. The Kier molecular flexibility index (Phi) is 4.17. The van der Waals surface area contributed by atoms with Gasteiger partial charge in [-0.3, -0.25) is 0 Å². The third-order valence-electron chi connectivity index (χ3n) is 4.56. The maximum Gasteiger partial charge on any atom is 0.437 e. The summed E-state index contributed by atoms with van der Waals surface area (Å²) in [6, 6.07) is 15.7. The predicted octanol–water partition coefficient (Wildman–Crippen LogP) is 4.26. The highest BCUT2D eigenvalue weighted by atomic mass is 35.5. The largest absolute Gasteiger partial charge is 0.437 e. The van der Waals surface area contributed by atoms with Crippen LogP contribution in [0.5, 0.6) is 0 Å². The van der Waals surface area contributed by atoms with Crippen molar-refractivity contribution in [3.05, 3.63) is 70.9 Å². The first kappa shape index (κ1) is 18.5. The second-order valence-corrected chi connectivity index (χ2v) is 6.98. The van der Waals surface area contributed by atoms with Gasteiger partial charge in [0.1, 0.15) is 11.0 Å². The molecule has 0 aliphatic heterocycles. The Labute approximate surface area is 171 Å². The smallest absolute Gasteiger partial charge is 0.236 e. The van der Waals surface area contributed by atoms with Crippen LogP contribution in [-0.4, -0.2) is 34.8 Å². The first-order valence-corrected chi connectivity index (χ1v) is 9.15. The van der Waals surface area contributed by atoms with E-state index in [9.17, 15) is 13.2 Å². The highest BCUT2D eigenvalue weighted by Gasteiger charge is 2.38. The van der Waals surface area contributed by atoms with Gasteiger partial charge < -0.3 is 0 Å². The second kappa shape index (κ2) is 6.77. The van der Waals surface area contributed by atoms with Crippen molar-refractivity contribution in [3.63, 3.8) is 0 Å². The molecule has 5 rings (SSSR count). The number of alkyl halides is 3. The predicted molar refractivity (Wildman–Crippen MR) is 103 cm³/mol. The van der Waals surface area contributed by atoms with Gasteiger partial charge >= 0.3 is 6.18 Å². The van der Waals surface area contributed by atoms with Crippen molar-refractivity contribution in [1.82, 2.24) is 34.8 Å². The first-order chi connectivity index (χ1) is 14.4. The van der Waals surface area contributed by atoms with Gasteiger partial charge in [-0.2, -0.15) is 22.8 Å². The summed E-state index contributed by atoms with van der Waals surface area (Å²) in [5, 5.41) is 20.1. The molecular weight excluding hydrogens is 419 g/mol. The van der Waals surface area contributed by atoms with E-state index >= 15 is 0 Å². The van der Waals surface area contributed by atoms with Crippen LogP contribution in [0.2, 0.25) is 5.02 Å². The highest BCUT2D eigenvalue weighted by molar-refractivity contribution is 6.30. The van der Waals surface area contributed by atoms with Crippen LogP contribution in [0.3, 0.4) is 0 Å². The zero-order valence-corrected chi connectivity index (χ0v) is 15.8. The van der Waals surface area contributed by atoms with E-state index in [2.05, 4.69) is 25.6 Å². The van der Waals surface area contributed by atoms with Gasteiger partial charge in [-0.25, -0.2) is 4.68 Å². The number of benzene rings is 2. The molecule has 0 amide bonds. The van der Waals surface area contributed by atoms with Crippen molar-refractivity contribution >= 4 is 28.3 Å². The number of halogens is 4. The Morgan fingerprint density at radius 1 is 0.900 bits per heavy atom. The molecule has 0 N–H and O–H groups in total. The first-order valence-electron chi connectivity index (χ1n) is 8.77. The third kappa shape index (κ3) is 3.05. The maximum atomic E-state index is 13.8. The van der Waals surface area contributed by atoms with Crippen LogP contribution in [0, 0.1) is 0 Å². The zero-order valence-electron chi connectivity index (χ0n) is 15.0. The average molecular weight is 430 g/mol. The standard InChI is InChI=1S/C19H11ClF3N7/c20-13-8-6-12(7-9-13)17-25-26-18-15-14(16(19(21,22)23)27-30(17)18)24-28-29(15)10-11-4-2-1-3-5-11/h1-9H,10H2. The molecule has 7 nitrogen and oxygen atoms in total. The number of hydrogen-bond acceptors (Lipinski definition) is 5. The van der Waals surface area contributed by atoms with Crippen molar-refractivity contribution in [3.8, 4) is 11.4 Å². The van der Waals surface area contributed by atoms with Gasteiger partial charge in [-0.15, -0.1) is 15.3 Å². The Balaban J connectivity index is 1.79. The van der Waals surface area contributed by atoms with Crippen LogP contribution < -0.4 is 0 Å². The lowest BCUT2D eigenvalue weighted by atomic mass is 10.2. The van der Waals surface area contributed by atoms with Gasteiger partial charge in [0, 0.05) is 10.6 Å². The summed E-state index contributed by atoms with van der Waals surface area (Å²) in [6.45, 7) is 0.220. The Bertz CT molecular complexity index is 1360. The number of hydrogen-bond donors (Lipinski definition) is 0. The molecular formula is C19H11ClF3N7. The zero-order chi connectivity index (χ0) is 20.9. The van der Waals surface area contributed by atoms with Crippen LogP contribution in [-0.2, 0) is 12.7 Å². The van der Waals surface area contributed by atoms with Gasteiger partial charge in [0.25, 0.3) is 0 Å². The molecule has 3 heterocycles. The van der Waals surface area contributed by atoms with Gasteiger partial charge in [0.2, 0.25) is 5.65 Å². The molecule has 30 heavy (non-hydrogen) atoms. The second-order valence-electron chi connectivity index (χ2n) is 6.54. The quantitative estimate of drug-likeness (QED) is 0.428. The fourth-order valence-corrected chi connectivity index (χ4v) is 3.33. The van der Waals surface area contributed by atoms with E-state index in [-0.39, 0.29) is 29.0 Å². The van der Waals surface area contributed by atoms with E-state index in [0.717, 1.165) is 10.1 Å². The number of nitrogens with zero attached hydrogens (tertiary/aromatic N) is 7. The van der Waals surface area contributed by atoms with Gasteiger partial charge in [0.05, 0.1) is 6.54 Å². The molecule has 0 unspecified atom stereocenters. The van der Waals surface area contributed by atoms with E-state index in [1.807, 2.05) is 30.3 Å². The summed E-state index contributed by atoms with van der Waals surface area (Å²) in [4.78, 5) is 0. The molecule has 150 valence electrons. The molecule has 0 saturated heterocycles. The summed E-state index contributed by atoms with van der Waals surface area (Å²) >= 11 is 5.91. The van der Waals surface area contributed by atoms with Crippen LogP contribution >= 0.6 is 11.6 Å². The number of fused-ring (bicyclic) bond motifs is 3. The lowest BCUT2D eigenvalue weighted by Crippen LogP contribution is -2.13. The molecule has 0 radical (unpaired) electrons. The Morgan fingerprint density at radius 2 is 1.63 bits per heavy atom. The highest BCUT2D eigenvalue weighted by Crippen LogP contribution is 2.34. The Hall–Kier alpha value is -3.53. The van der Waals surface area contributed by atoms with E-state index in [1.165, 1.54) is 4.68 Å². The molecule has 5 aromatic rings.